The van der Waals surface area contributed by atoms with Crippen molar-refractivity contribution in [3.63, 3.8) is 0 Å². The van der Waals surface area contributed by atoms with Crippen LogP contribution < -0.4 is 4.74 Å². The van der Waals surface area contributed by atoms with E-state index < -0.39 is 29.3 Å². The van der Waals surface area contributed by atoms with E-state index in [-0.39, 0.29) is 29.9 Å². The Hall–Kier alpha value is -2.58. The number of alkyl halides is 3. The molecule has 1 aromatic rings. The summed E-state index contributed by atoms with van der Waals surface area (Å²) in [5.74, 6) is -1.98. The Bertz CT molecular complexity index is 714. The number of ketones is 1. The van der Waals surface area contributed by atoms with Crippen molar-refractivity contribution in [2.75, 3.05) is 6.61 Å². The molecule has 130 valence electrons. The van der Waals surface area contributed by atoms with Gasteiger partial charge in [0.1, 0.15) is 11.5 Å². The molecule has 1 N–H and O–H groups in total. The van der Waals surface area contributed by atoms with E-state index in [4.69, 9.17) is 9.94 Å². The second kappa shape index (κ2) is 6.14. The summed E-state index contributed by atoms with van der Waals surface area (Å²) >= 11 is 0. The van der Waals surface area contributed by atoms with Gasteiger partial charge in [0.15, 0.2) is 0 Å². The van der Waals surface area contributed by atoms with Crippen LogP contribution in [0.25, 0.3) is 0 Å². The quantitative estimate of drug-likeness (QED) is 0.515. The standard InChI is InChI=1S/C15H14F3NO5/c1-3-23-11(20)7-14(2)10-5-4-8(24-15(16,17)18)6-9(10)12(21)13(14)19-22/h4-6,22H,3,7H2,1-2H3/b19-13-. The first kappa shape index (κ1) is 17.8. The van der Waals surface area contributed by atoms with Crippen molar-refractivity contribution >= 4 is 17.5 Å². The maximum Gasteiger partial charge on any atom is 0.573 e. The first-order chi connectivity index (χ1) is 11.1. The molecule has 0 aromatic heterocycles. The number of hydrogen-bond donors (Lipinski definition) is 1. The van der Waals surface area contributed by atoms with Crippen LogP contribution in [0.1, 0.15) is 36.2 Å². The number of oxime groups is 1. The third-order valence-electron chi connectivity index (χ3n) is 3.70. The average molecular weight is 345 g/mol. The molecule has 0 fully saturated rings. The molecule has 0 saturated carbocycles. The zero-order chi connectivity index (χ0) is 18.1. The number of benzene rings is 1. The van der Waals surface area contributed by atoms with Crippen LogP contribution in [0.2, 0.25) is 0 Å². The molecular formula is C15H14F3NO5. The number of esters is 1. The van der Waals surface area contributed by atoms with Crippen LogP contribution in [0, 0.1) is 0 Å². The highest BCUT2D eigenvalue weighted by Crippen LogP contribution is 2.41. The van der Waals surface area contributed by atoms with Gasteiger partial charge in [0, 0.05) is 5.56 Å². The van der Waals surface area contributed by atoms with Gasteiger partial charge in [0.25, 0.3) is 0 Å². The Balaban J connectivity index is 2.47. The third kappa shape index (κ3) is 3.19. The number of hydrogen-bond acceptors (Lipinski definition) is 6. The number of nitrogens with zero attached hydrogens (tertiary/aromatic N) is 1. The zero-order valence-corrected chi connectivity index (χ0v) is 12.8. The molecule has 2 rings (SSSR count). The predicted molar refractivity (Wildman–Crippen MR) is 75.3 cm³/mol. The number of fused-ring (bicyclic) bond motifs is 1. The van der Waals surface area contributed by atoms with Crippen LogP contribution in [-0.2, 0) is 14.9 Å². The summed E-state index contributed by atoms with van der Waals surface area (Å²) in [7, 11) is 0. The third-order valence-corrected chi connectivity index (χ3v) is 3.70. The molecule has 1 unspecified atom stereocenters. The SMILES string of the molecule is CCOC(=O)CC1(C)/C(=N\O)C(=O)c2cc(OC(F)(F)F)ccc21. The number of ether oxygens (including phenoxy) is 2. The topological polar surface area (TPSA) is 85.2 Å². The van der Waals surface area contributed by atoms with E-state index in [0.717, 1.165) is 12.1 Å². The van der Waals surface area contributed by atoms with Crippen LogP contribution >= 0.6 is 0 Å². The lowest BCUT2D eigenvalue weighted by Gasteiger charge is -2.23. The predicted octanol–water partition coefficient (Wildman–Crippen LogP) is 2.82. The Morgan fingerprint density at radius 2 is 2.04 bits per heavy atom. The number of Topliss-reactive ketones (excluding diaryl/α,β-unsaturated/α-hetero) is 1. The summed E-state index contributed by atoms with van der Waals surface area (Å²) in [4.78, 5) is 24.1. The molecule has 0 heterocycles. The lowest BCUT2D eigenvalue weighted by molar-refractivity contribution is -0.274. The summed E-state index contributed by atoms with van der Waals surface area (Å²) in [6, 6.07) is 3.18. The monoisotopic (exact) mass is 345 g/mol. The van der Waals surface area contributed by atoms with Crippen LogP contribution in [0.5, 0.6) is 5.75 Å². The molecule has 9 heteroatoms. The largest absolute Gasteiger partial charge is 0.573 e. The van der Waals surface area contributed by atoms with Gasteiger partial charge in [-0.2, -0.15) is 0 Å². The minimum atomic E-state index is -4.90. The zero-order valence-electron chi connectivity index (χ0n) is 12.8. The van der Waals surface area contributed by atoms with E-state index in [9.17, 15) is 22.8 Å². The van der Waals surface area contributed by atoms with Gasteiger partial charge >= 0.3 is 12.3 Å². The van der Waals surface area contributed by atoms with Crippen LogP contribution in [0.3, 0.4) is 0 Å². The summed E-state index contributed by atoms with van der Waals surface area (Å²) in [6.07, 6.45) is -5.20. The Morgan fingerprint density at radius 3 is 2.58 bits per heavy atom. The maximum atomic E-state index is 12.3. The second-order valence-electron chi connectivity index (χ2n) is 5.35. The molecule has 1 aliphatic carbocycles. The number of rotatable bonds is 4. The lowest BCUT2D eigenvalue weighted by atomic mass is 9.79. The van der Waals surface area contributed by atoms with Gasteiger partial charge in [-0.3, -0.25) is 9.59 Å². The fourth-order valence-electron chi connectivity index (χ4n) is 2.73. The van der Waals surface area contributed by atoms with Gasteiger partial charge in [0.2, 0.25) is 5.78 Å². The summed E-state index contributed by atoms with van der Waals surface area (Å²) < 4.78 is 45.6. The Kier molecular flexibility index (Phi) is 4.54. The van der Waals surface area contributed by atoms with Crippen molar-refractivity contribution in [1.82, 2.24) is 0 Å². The second-order valence-corrected chi connectivity index (χ2v) is 5.35. The number of halogens is 3. The maximum absolute atomic E-state index is 12.3. The minimum absolute atomic E-state index is 0.114. The molecule has 0 saturated heterocycles. The molecule has 0 amide bonds. The van der Waals surface area contributed by atoms with E-state index in [2.05, 4.69) is 9.89 Å². The van der Waals surface area contributed by atoms with Gasteiger partial charge in [-0.05, 0) is 31.5 Å². The smallest absolute Gasteiger partial charge is 0.466 e. The van der Waals surface area contributed by atoms with Crippen molar-refractivity contribution < 1.29 is 37.4 Å². The Labute approximate surface area is 134 Å². The fraction of sp³-hybridized carbons (Fsp3) is 0.400. The van der Waals surface area contributed by atoms with E-state index in [1.165, 1.54) is 13.0 Å². The summed E-state index contributed by atoms with van der Waals surface area (Å²) in [5.41, 5.74) is -1.49. The summed E-state index contributed by atoms with van der Waals surface area (Å²) in [5, 5.41) is 12.1. The first-order valence-electron chi connectivity index (χ1n) is 6.95. The molecule has 1 atom stereocenters. The number of carbonyl (C=O) groups excluding carboxylic acids is 2. The van der Waals surface area contributed by atoms with E-state index >= 15 is 0 Å². The molecule has 24 heavy (non-hydrogen) atoms. The van der Waals surface area contributed by atoms with Gasteiger partial charge in [-0.15, -0.1) is 13.2 Å². The van der Waals surface area contributed by atoms with E-state index in [0.29, 0.717) is 0 Å². The summed E-state index contributed by atoms with van der Waals surface area (Å²) in [6.45, 7) is 3.21. The van der Waals surface area contributed by atoms with Gasteiger partial charge in [-0.1, -0.05) is 11.2 Å². The van der Waals surface area contributed by atoms with Crippen molar-refractivity contribution in [1.29, 1.82) is 0 Å². The highest BCUT2D eigenvalue weighted by Gasteiger charge is 2.48. The fourth-order valence-corrected chi connectivity index (χ4v) is 2.73. The minimum Gasteiger partial charge on any atom is -0.466 e. The van der Waals surface area contributed by atoms with Crippen LogP contribution in [-0.4, -0.2) is 35.6 Å². The molecular weight excluding hydrogens is 331 g/mol. The van der Waals surface area contributed by atoms with Crippen molar-refractivity contribution in [2.24, 2.45) is 5.16 Å². The first-order valence-corrected chi connectivity index (χ1v) is 6.95. The highest BCUT2D eigenvalue weighted by atomic mass is 19.4. The lowest BCUT2D eigenvalue weighted by Crippen LogP contribution is -2.34. The molecule has 6 nitrogen and oxygen atoms in total. The highest BCUT2D eigenvalue weighted by molar-refractivity contribution is 6.52. The van der Waals surface area contributed by atoms with E-state index in [1.807, 2.05) is 0 Å². The molecule has 0 spiro atoms. The Morgan fingerprint density at radius 1 is 1.38 bits per heavy atom. The molecule has 0 radical (unpaired) electrons. The van der Waals surface area contributed by atoms with Crippen molar-refractivity contribution in [3.05, 3.63) is 29.3 Å². The molecule has 0 aliphatic heterocycles. The van der Waals surface area contributed by atoms with E-state index in [1.54, 1.807) is 6.92 Å². The van der Waals surface area contributed by atoms with Gasteiger partial charge < -0.3 is 14.7 Å². The van der Waals surface area contributed by atoms with Crippen LogP contribution in [0.15, 0.2) is 23.4 Å². The molecule has 1 aliphatic rings. The van der Waals surface area contributed by atoms with Gasteiger partial charge in [0.05, 0.1) is 18.4 Å². The van der Waals surface area contributed by atoms with Crippen LogP contribution in [0.4, 0.5) is 13.2 Å². The van der Waals surface area contributed by atoms with Crippen molar-refractivity contribution in [3.8, 4) is 5.75 Å². The average Bonchev–Trinajstić information content (AvgIpc) is 2.65. The number of carbonyl (C=O) groups is 2. The normalized spacial score (nSPS) is 21.7. The molecule has 0 bridgehead atoms. The molecule has 1 aromatic carbocycles. The van der Waals surface area contributed by atoms with Gasteiger partial charge in [-0.25, -0.2) is 0 Å². The van der Waals surface area contributed by atoms with Crippen molar-refractivity contribution in [2.45, 2.75) is 32.0 Å².